The Morgan fingerprint density at radius 3 is 2.95 bits per heavy atom. The number of hydrogen-bond donors (Lipinski definition) is 2. The van der Waals surface area contributed by atoms with Crippen molar-refractivity contribution in [3.63, 3.8) is 0 Å². The summed E-state index contributed by atoms with van der Waals surface area (Å²) in [5.74, 6) is -0.0411. The maximum Gasteiger partial charge on any atom is 0.271 e. The second-order valence-electron chi connectivity index (χ2n) is 6.53. The molecular weight excluding hydrogens is 288 g/mol. The monoisotopic (exact) mass is 312 g/mol. The van der Waals surface area contributed by atoms with Crippen LogP contribution in [0.4, 0.5) is 0 Å². The van der Waals surface area contributed by atoms with Crippen LogP contribution in [0.15, 0.2) is 12.3 Å². The van der Waals surface area contributed by atoms with Crippen LogP contribution < -0.4 is 10.6 Å². The third-order valence-corrected chi connectivity index (χ3v) is 4.72. The van der Waals surface area contributed by atoms with Crippen LogP contribution in [-0.4, -0.2) is 35.3 Å². The minimum Gasteiger partial charge on any atom is -0.350 e. The van der Waals surface area contributed by atoms with Gasteiger partial charge in [-0.15, -0.1) is 12.4 Å². The van der Waals surface area contributed by atoms with Gasteiger partial charge in [-0.05, 0) is 43.7 Å². The smallest absolute Gasteiger partial charge is 0.271 e. The number of hydrogen-bond acceptors (Lipinski definition) is 3. The number of carbonyl (C=O) groups is 1. The van der Waals surface area contributed by atoms with E-state index >= 15 is 0 Å². The quantitative estimate of drug-likeness (QED) is 0.895. The lowest BCUT2D eigenvalue weighted by Crippen LogP contribution is -2.40. The zero-order valence-corrected chi connectivity index (χ0v) is 13.4. The van der Waals surface area contributed by atoms with Crippen molar-refractivity contribution in [3.05, 3.63) is 18.0 Å². The normalized spacial score (nSPS) is 23.8. The van der Waals surface area contributed by atoms with E-state index < -0.39 is 0 Å². The highest BCUT2D eigenvalue weighted by Crippen LogP contribution is 2.39. The standard InChI is InChI=1S/C15H24N4O.ClH/c1-15(6-3-7-15)11-17-14(20)13-5-9-19(18-13)12-4-2-8-16-10-12;/h5,9,12,16H,2-4,6-8,10-11H2,1H3,(H,17,20);1H. The lowest BCUT2D eigenvalue weighted by Gasteiger charge is -2.38. The van der Waals surface area contributed by atoms with Gasteiger partial charge in [-0.3, -0.25) is 9.48 Å². The first-order valence-electron chi connectivity index (χ1n) is 7.70. The summed E-state index contributed by atoms with van der Waals surface area (Å²) in [5.41, 5.74) is 0.851. The molecule has 2 N–H and O–H groups in total. The van der Waals surface area contributed by atoms with Crippen LogP contribution in [0, 0.1) is 5.41 Å². The SMILES string of the molecule is CC1(CNC(=O)c2ccn(C3CCCNC3)n2)CCC1.Cl. The first kappa shape index (κ1) is 16.3. The Labute approximate surface area is 132 Å². The molecule has 1 saturated heterocycles. The molecule has 1 aliphatic heterocycles. The lowest BCUT2D eigenvalue weighted by atomic mass is 9.70. The second-order valence-corrected chi connectivity index (χ2v) is 6.53. The molecule has 1 amide bonds. The summed E-state index contributed by atoms with van der Waals surface area (Å²) in [7, 11) is 0. The molecule has 1 aromatic rings. The Bertz CT molecular complexity index is 478. The topological polar surface area (TPSA) is 59.0 Å². The molecule has 118 valence electrons. The van der Waals surface area contributed by atoms with E-state index in [-0.39, 0.29) is 18.3 Å². The van der Waals surface area contributed by atoms with Crippen molar-refractivity contribution >= 4 is 18.3 Å². The van der Waals surface area contributed by atoms with Gasteiger partial charge in [0.05, 0.1) is 6.04 Å². The Hall–Kier alpha value is -1.07. The van der Waals surface area contributed by atoms with Crippen LogP contribution in [0.2, 0.25) is 0 Å². The molecule has 0 bridgehead atoms. The fraction of sp³-hybridized carbons (Fsp3) is 0.733. The molecule has 6 heteroatoms. The van der Waals surface area contributed by atoms with Gasteiger partial charge in [0.2, 0.25) is 0 Å². The van der Waals surface area contributed by atoms with E-state index in [0.29, 0.717) is 17.2 Å². The number of aromatic nitrogens is 2. The number of halogens is 1. The van der Waals surface area contributed by atoms with Crippen molar-refractivity contribution in [2.24, 2.45) is 5.41 Å². The van der Waals surface area contributed by atoms with Gasteiger partial charge < -0.3 is 10.6 Å². The largest absolute Gasteiger partial charge is 0.350 e. The zero-order valence-electron chi connectivity index (χ0n) is 12.6. The Kier molecular flexibility index (Phi) is 5.27. The van der Waals surface area contributed by atoms with Crippen LogP contribution in [-0.2, 0) is 0 Å². The average molecular weight is 313 g/mol. The molecule has 21 heavy (non-hydrogen) atoms. The van der Waals surface area contributed by atoms with E-state index in [9.17, 15) is 4.79 Å². The molecule has 5 nitrogen and oxygen atoms in total. The van der Waals surface area contributed by atoms with Gasteiger partial charge in [0, 0.05) is 19.3 Å². The molecule has 2 fully saturated rings. The highest BCUT2D eigenvalue weighted by atomic mass is 35.5. The van der Waals surface area contributed by atoms with Crippen LogP contribution in [0.3, 0.4) is 0 Å². The van der Waals surface area contributed by atoms with Gasteiger partial charge in [-0.2, -0.15) is 5.10 Å². The summed E-state index contributed by atoms with van der Waals surface area (Å²) in [6.07, 6.45) is 7.95. The number of rotatable bonds is 4. The first-order chi connectivity index (χ1) is 9.66. The second kappa shape index (κ2) is 6.79. The molecule has 1 aliphatic carbocycles. The van der Waals surface area contributed by atoms with Crippen molar-refractivity contribution < 1.29 is 4.79 Å². The van der Waals surface area contributed by atoms with E-state index in [4.69, 9.17) is 0 Å². The Morgan fingerprint density at radius 2 is 2.33 bits per heavy atom. The van der Waals surface area contributed by atoms with Gasteiger partial charge in [0.25, 0.3) is 5.91 Å². The predicted molar refractivity (Wildman–Crippen MR) is 84.9 cm³/mol. The predicted octanol–water partition coefficient (Wildman–Crippen LogP) is 2.15. The summed E-state index contributed by atoms with van der Waals surface area (Å²) >= 11 is 0. The fourth-order valence-electron chi connectivity index (χ4n) is 3.06. The van der Waals surface area contributed by atoms with Gasteiger partial charge in [-0.25, -0.2) is 0 Å². The van der Waals surface area contributed by atoms with E-state index in [1.54, 1.807) is 0 Å². The number of piperidine rings is 1. The third kappa shape index (κ3) is 3.77. The van der Waals surface area contributed by atoms with Crippen molar-refractivity contribution in [3.8, 4) is 0 Å². The highest BCUT2D eigenvalue weighted by molar-refractivity contribution is 5.92. The molecule has 1 saturated carbocycles. The number of nitrogens with one attached hydrogen (secondary N) is 2. The minimum absolute atomic E-state index is 0. The first-order valence-corrected chi connectivity index (χ1v) is 7.70. The molecular formula is C15H25ClN4O. The molecule has 0 radical (unpaired) electrons. The number of amides is 1. The average Bonchev–Trinajstić information content (AvgIpc) is 2.93. The molecule has 0 aromatic carbocycles. The minimum atomic E-state index is -0.0411. The molecule has 3 rings (SSSR count). The van der Waals surface area contributed by atoms with E-state index in [0.717, 1.165) is 26.1 Å². The van der Waals surface area contributed by atoms with Crippen LogP contribution in [0.1, 0.15) is 55.6 Å². The molecule has 2 aliphatic rings. The molecule has 1 atom stereocenters. The summed E-state index contributed by atoms with van der Waals surface area (Å²) in [4.78, 5) is 12.1. The lowest BCUT2D eigenvalue weighted by molar-refractivity contribution is 0.0884. The summed E-state index contributed by atoms with van der Waals surface area (Å²) in [5, 5.41) is 10.8. The van der Waals surface area contributed by atoms with Crippen LogP contribution >= 0.6 is 12.4 Å². The van der Waals surface area contributed by atoms with Crippen molar-refractivity contribution in [1.82, 2.24) is 20.4 Å². The van der Waals surface area contributed by atoms with Gasteiger partial charge >= 0.3 is 0 Å². The van der Waals surface area contributed by atoms with Crippen molar-refractivity contribution in [2.75, 3.05) is 19.6 Å². The molecule has 1 aromatic heterocycles. The Balaban J connectivity index is 0.00000161. The molecule has 2 heterocycles. The number of nitrogens with zero attached hydrogens (tertiary/aromatic N) is 2. The maximum atomic E-state index is 12.1. The van der Waals surface area contributed by atoms with Crippen LogP contribution in [0.5, 0.6) is 0 Å². The molecule has 1 unspecified atom stereocenters. The van der Waals surface area contributed by atoms with E-state index in [1.165, 1.54) is 25.7 Å². The zero-order chi connectivity index (χ0) is 14.0. The Morgan fingerprint density at radius 1 is 1.52 bits per heavy atom. The van der Waals surface area contributed by atoms with Gasteiger partial charge in [-0.1, -0.05) is 13.3 Å². The maximum absolute atomic E-state index is 12.1. The van der Waals surface area contributed by atoms with Crippen LogP contribution in [0.25, 0.3) is 0 Å². The van der Waals surface area contributed by atoms with Crippen molar-refractivity contribution in [2.45, 2.75) is 45.1 Å². The summed E-state index contributed by atoms with van der Waals surface area (Å²) in [6, 6.07) is 2.21. The van der Waals surface area contributed by atoms with E-state index in [2.05, 4.69) is 22.7 Å². The van der Waals surface area contributed by atoms with Gasteiger partial charge in [0.15, 0.2) is 0 Å². The fourth-order valence-corrected chi connectivity index (χ4v) is 3.06. The number of carbonyl (C=O) groups excluding carboxylic acids is 1. The highest BCUT2D eigenvalue weighted by Gasteiger charge is 2.32. The summed E-state index contributed by atoms with van der Waals surface area (Å²) < 4.78 is 1.94. The van der Waals surface area contributed by atoms with Crippen molar-refractivity contribution in [1.29, 1.82) is 0 Å². The molecule has 0 spiro atoms. The van der Waals surface area contributed by atoms with Gasteiger partial charge in [0.1, 0.15) is 5.69 Å². The third-order valence-electron chi connectivity index (χ3n) is 4.72. The summed E-state index contributed by atoms with van der Waals surface area (Å²) in [6.45, 7) is 5.04. The van der Waals surface area contributed by atoms with E-state index in [1.807, 2.05) is 16.9 Å².